The fourth-order valence-electron chi connectivity index (χ4n) is 1.60. The van der Waals surface area contributed by atoms with Gasteiger partial charge in [-0.25, -0.2) is 0 Å². The van der Waals surface area contributed by atoms with Gasteiger partial charge in [-0.05, 0) is 30.7 Å². The summed E-state index contributed by atoms with van der Waals surface area (Å²) in [6.07, 6.45) is 3.14. The lowest BCUT2D eigenvalue weighted by Gasteiger charge is -2.38. The second kappa shape index (κ2) is 5.36. The molecule has 1 aliphatic rings. The van der Waals surface area contributed by atoms with Gasteiger partial charge in [0, 0.05) is 12.1 Å². The lowest BCUT2D eigenvalue weighted by atomic mass is 9.78. The highest BCUT2D eigenvalue weighted by Gasteiger charge is 2.32. The minimum atomic E-state index is -0.181. The molecule has 1 heterocycles. The number of amides is 1. The van der Waals surface area contributed by atoms with E-state index in [-0.39, 0.29) is 23.9 Å². The summed E-state index contributed by atoms with van der Waals surface area (Å²) in [5.74, 6) is -0.119. The fourth-order valence-corrected chi connectivity index (χ4v) is 2.66. The summed E-state index contributed by atoms with van der Waals surface area (Å²) in [6, 6.07) is 1.72. The molecule has 0 bridgehead atoms. The Morgan fingerprint density at radius 2 is 2.31 bits per heavy atom. The summed E-state index contributed by atoms with van der Waals surface area (Å²) in [4.78, 5) is 12.2. The average Bonchev–Trinajstić information content (AvgIpc) is 2.58. The van der Waals surface area contributed by atoms with Gasteiger partial charge in [0.25, 0.3) is 5.91 Å². The molecule has 1 aromatic rings. The van der Waals surface area contributed by atoms with Crippen LogP contribution in [0, 0.1) is 0 Å². The zero-order chi connectivity index (χ0) is 10.9. The van der Waals surface area contributed by atoms with Gasteiger partial charge in [0.2, 0.25) is 0 Å². The van der Waals surface area contributed by atoms with Crippen LogP contribution in [0.4, 0.5) is 0 Å². The largest absolute Gasteiger partial charge is 0.349 e. The second-order valence-corrected chi connectivity index (χ2v) is 5.32. The van der Waals surface area contributed by atoms with Gasteiger partial charge < -0.3 is 11.1 Å². The molecule has 0 radical (unpaired) electrons. The second-order valence-electron chi connectivity index (χ2n) is 4.00. The Kier molecular flexibility index (Phi) is 4.62. The Morgan fingerprint density at radius 1 is 1.62 bits per heavy atom. The summed E-state index contributed by atoms with van der Waals surface area (Å²) in [5.41, 5.74) is 5.82. The van der Waals surface area contributed by atoms with E-state index in [0.717, 1.165) is 19.3 Å². The van der Waals surface area contributed by atoms with E-state index in [4.69, 9.17) is 17.3 Å². The zero-order valence-electron chi connectivity index (χ0n) is 8.66. The van der Waals surface area contributed by atoms with Crippen LogP contribution in [0.15, 0.2) is 11.4 Å². The third-order valence-electron chi connectivity index (χ3n) is 2.77. The van der Waals surface area contributed by atoms with Crippen molar-refractivity contribution >= 4 is 41.3 Å². The Labute approximate surface area is 110 Å². The number of nitrogens with two attached hydrogens (primary N) is 1. The third-order valence-corrected chi connectivity index (χ3v) is 4.11. The molecule has 90 valence electrons. The molecular weight excluding hydrogens is 267 g/mol. The average molecular weight is 281 g/mol. The van der Waals surface area contributed by atoms with Gasteiger partial charge in [-0.1, -0.05) is 11.6 Å². The molecule has 0 aromatic carbocycles. The van der Waals surface area contributed by atoms with Crippen molar-refractivity contribution in [1.29, 1.82) is 0 Å². The maximum Gasteiger partial charge on any atom is 0.262 e. The van der Waals surface area contributed by atoms with Gasteiger partial charge in [-0.15, -0.1) is 23.7 Å². The molecule has 1 saturated carbocycles. The van der Waals surface area contributed by atoms with Gasteiger partial charge in [0.05, 0.1) is 5.02 Å². The van der Waals surface area contributed by atoms with Crippen molar-refractivity contribution in [2.45, 2.75) is 24.8 Å². The van der Waals surface area contributed by atoms with E-state index < -0.39 is 0 Å². The minimum Gasteiger partial charge on any atom is -0.349 e. The first-order valence-corrected chi connectivity index (χ1v) is 6.17. The predicted molar refractivity (Wildman–Crippen MR) is 69.7 cm³/mol. The molecule has 1 amide bonds. The van der Waals surface area contributed by atoms with Crippen LogP contribution in [0.25, 0.3) is 0 Å². The molecule has 0 unspecified atom stereocenters. The van der Waals surface area contributed by atoms with E-state index in [1.165, 1.54) is 11.3 Å². The minimum absolute atomic E-state index is 0. The van der Waals surface area contributed by atoms with Crippen LogP contribution in [0.5, 0.6) is 0 Å². The standard InChI is InChI=1S/C10H13ClN2OS.ClH/c11-7-2-5-15-8(7)9(14)13-6-10(12)3-1-4-10;/h2,5H,1,3-4,6,12H2,(H,13,14);1H. The number of carbonyl (C=O) groups excluding carboxylic acids is 1. The van der Waals surface area contributed by atoms with E-state index in [1.54, 1.807) is 11.4 Å². The Hall–Kier alpha value is -0.290. The highest BCUT2D eigenvalue weighted by Crippen LogP contribution is 2.28. The molecule has 0 saturated heterocycles. The molecule has 16 heavy (non-hydrogen) atoms. The van der Waals surface area contributed by atoms with Gasteiger partial charge in [0.1, 0.15) is 4.88 Å². The number of halogens is 2. The van der Waals surface area contributed by atoms with Crippen molar-refractivity contribution < 1.29 is 4.79 Å². The van der Waals surface area contributed by atoms with Crippen molar-refractivity contribution in [3.05, 3.63) is 21.3 Å². The molecule has 1 aliphatic carbocycles. The first kappa shape index (κ1) is 13.8. The summed E-state index contributed by atoms with van der Waals surface area (Å²) in [7, 11) is 0. The Bertz CT molecular complexity index is 377. The maximum atomic E-state index is 11.7. The van der Waals surface area contributed by atoms with Crippen molar-refractivity contribution in [2.24, 2.45) is 5.73 Å². The molecule has 2 rings (SSSR count). The quantitative estimate of drug-likeness (QED) is 0.894. The molecule has 0 atom stereocenters. The van der Waals surface area contributed by atoms with Crippen LogP contribution in [0.1, 0.15) is 28.9 Å². The van der Waals surface area contributed by atoms with Gasteiger partial charge in [-0.2, -0.15) is 0 Å². The topological polar surface area (TPSA) is 55.1 Å². The molecule has 1 aromatic heterocycles. The normalized spacial score (nSPS) is 17.1. The van der Waals surface area contributed by atoms with Crippen molar-refractivity contribution in [3.63, 3.8) is 0 Å². The summed E-state index contributed by atoms with van der Waals surface area (Å²) in [5, 5.41) is 5.15. The van der Waals surface area contributed by atoms with E-state index in [0.29, 0.717) is 16.4 Å². The number of hydrogen-bond donors (Lipinski definition) is 2. The van der Waals surface area contributed by atoms with Crippen LogP contribution in [-0.4, -0.2) is 18.0 Å². The van der Waals surface area contributed by atoms with Crippen LogP contribution in [-0.2, 0) is 0 Å². The van der Waals surface area contributed by atoms with Crippen LogP contribution >= 0.6 is 35.3 Å². The SMILES string of the molecule is Cl.NC1(CNC(=O)c2sccc2Cl)CCC1. The first-order valence-electron chi connectivity index (χ1n) is 4.91. The number of thiophene rings is 1. The van der Waals surface area contributed by atoms with E-state index in [2.05, 4.69) is 5.32 Å². The predicted octanol–water partition coefficient (Wildman–Crippen LogP) is 2.43. The molecule has 3 N–H and O–H groups in total. The smallest absolute Gasteiger partial charge is 0.262 e. The highest BCUT2D eigenvalue weighted by atomic mass is 35.5. The fraction of sp³-hybridized carbons (Fsp3) is 0.500. The highest BCUT2D eigenvalue weighted by molar-refractivity contribution is 7.12. The molecule has 6 heteroatoms. The maximum absolute atomic E-state index is 11.7. The summed E-state index contributed by atoms with van der Waals surface area (Å²) >= 11 is 7.20. The number of nitrogens with one attached hydrogen (secondary N) is 1. The van der Waals surface area contributed by atoms with E-state index in [1.807, 2.05) is 0 Å². The monoisotopic (exact) mass is 280 g/mol. The van der Waals surface area contributed by atoms with Crippen molar-refractivity contribution in [2.75, 3.05) is 6.54 Å². The van der Waals surface area contributed by atoms with Gasteiger partial charge in [-0.3, -0.25) is 4.79 Å². The molecule has 0 aliphatic heterocycles. The Morgan fingerprint density at radius 3 is 2.75 bits per heavy atom. The van der Waals surface area contributed by atoms with Crippen LogP contribution in [0.3, 0.4) is 0 Å². The number of hydrogen-bond acceptors (Lipinski definition) is 3. The van der Waals surface area contributed by atoms with Crippen molar-refractivity contribution in [3.8, 4) is 0 Å². The summed E-state index contributed by atoms with van der Waals surface area (Å²) in [6.45, 7) is 0.542. The summed E-state index contributed by atoms with van der Waals surface area (Å²) < 4.78 is 0. The van der Waals surface area contributed by atoms with Crippen LogP contribution in [0.2, 0.25) is 5.02 Å². The zero-order valence-corrected chi connectivity index (χ0v) is 11.1. The third kappa shape index (κ3) is 2.88. The molecule has 3 nitrogen and oxygen atoms in total. The van der Waals surface area contributed by atoms with Crippen LogP contribution < -0.4 is 11.1 Å². The Balaban J connectivity index is 0.00000128. The van der Waals surface area contributed by atoms with Crippen molar-refractivity contribution in [1.82, 2.24) is 5.32 Å². The lowest BCUT2D eigenvalue weighted by molar-refractivity contribution is 0.0934. The first-order chi connectivity index (χ1) is 7.11. The molecule has 1 fully saturated rings. The van der Waals surface area contributed by atoms with E-state index in [9.17, 15) is 4.79 Å². The van der Waals surface area contributed by atoms with Gasteiger partial charge in [0.15, 0.2) is 0 Å². The number of rotatable bonds is 3. The molecular formula is C10H14Cl2N2OS. The van der Waals surface area contributed by atoms with Gasteiger partial charge >= 0.3 is 0 Å². The lowest BCUT2D eigenvalue weighted by Crippen LogP contribution is -2.54. The molecule has 0 spiro atoms. The van der Waals surface area contributed by atoms with E-state index >= 15 is 0 Å². The number of carbonyl (C=O) groups is 1.